The third-order valence-corrected chi connectivity index (χ3v) is 3.65. The summed E-state index contributed by atoms with van der Waals surface area (Å²) in [5.74, 6) is -0.595. The molecule has 5 nitrogen and oxygen atoms in total. The van der Waals surface area contributed by atoms with Crippen LogP contribution in [0.2, 0.25) is 0 Å². The van der Waals surface area contributed by atoms with E-state index in [1.165, 1.54) is 0 Å². The topological polar surface area (TPSA) is 66.3 Å². The van der Waals surface area contributed by atoms with Gasteiger partial charge in [0.25, 0.3) is 0 Å². The second kappa shape index (κ2) is 6.50. The van der Waals surface area contributed by atoms with Crippen molar-refractivity contribution in [1.82, 2.24) is 9.97 Å². The van der Waals surface area contributed by atoms with Gasteiger partial charge in [-0.1, -0.05) is 36.4 Å². The number of pyridine rings is 2. The van der Waals surface area contributed by atoms with Gasteiger partial charge in [-0.2, -0.15) is 0 Å². The lowest BCUT2D eigenvalue weighted by atomic mass is 9.98. The predicted molar refractivity (Wildman–Crippen MR) is 94.2 cm³/mol. The van der Waals surface area contributed by atoms with Crippen LogP contribution in [-0.2, 0) is 0 Å². The Balaban J connectivity index is 2.32. The van der Waals surface area contributed by atoms with Crippen LogP contribution in [0.15, 0.2) is 60.8 Å². The average molecular weight is 319 g/mol. The zero-order valence-electron chi connectivity index (χ0n) is 13.5. The molecule has 0 unspecified atom stereocenters. The minimum atomic E-state index is -1.00. The highest BCUT2D eigenvalue weighted by Crippen LogP contribution is 2.33. The van der Waals surface area contributed by atoms with E-state index in [1.807, 2.05) is 48.5 Å². The van der Waals surface area contributed by atoms with Crippen molar-refractivity contribution in [3.05, 3.63) is 66.4 Å². The predicted octanol–water partition coefficient (Wildman–Crippen LogP) is 3.57. The molecule has 3 rings (SSSR count). The fraction of sp³-hybridized carbons (Fsp3) is 0.105. The van der Waals surface area contributed by atoms with Crippen LogP contribution in [0.1, 0.15) is 10.4 Å². The molecule has 0 saturated heterocycles. The van der Waals surface area contributed by atoms with Gasteiger partial charge in [0, 0.05) is 25.9 Å². The molecule has 1 N–H and O–H groups in total. The van der Waals surface area contributed by atoms with E-state index in [2.05, 4.69) is 9.97 Å². The molecule has 0 saturated carbocycles. The van der Waals surface area contributed by atoms with E-state index in [0.29, 0.717) is 22.8 Å². The van der Waals surface area contributed by atoms with Gasteiger partial charge in [0.1, 0.15) is 11.4 Å². The maximum absolute atomic E-state index is 11.9. The fourth-order valence-corrected chi connectivity index (χ4v) is 2.56. The third kappa shape index (κ3) is 2.96. The van der Waals surface area contributed by atoms with E-state index in [-0.39, 0.29) is 5.56 Å². The molecule has 5 heteroatoms. The number of aromatic nitrogens is 2. The molecule has 0 amide bonds. The van der Waals surface area contributed by atoms with Crippen LogP contribution in [0.3, 0.4) is 0 Å². The van der Waals surface area contributed by atoms with Gasteiger partial charge >= 0.3 is 5.97 Å². The van der Waals surface area contributed by atoms with E-state index >= 15 is 0 Å². The number of carboxylic acid groups (broad SMARTS) is 1. The highest BCUT2D eigenvalue weighted by atomic mass is 16.4. The molecule has 2 heterocycles. The molecule has 0 aliphatic carbocycles. The number of rotatable bonds is 4. The molecule has 0 bridgehead atoms. The molecule has 120 valence electrons. The number of anilines is 1. The van der Waals surface area contributed by atoms with E-state index in [4.69, 9.17) is 0 Å². The van der Waals surface area contributed by atoms with Gasteiger partial charge in [-0.05, 0) is 23.8 Å². The van der Waals surface area contributed by atoms with Crippen molar-refractivity contribution in [1.29, 1.82) is 0 Å². The molecule has 24 heavy (non-hydrogen) atoms. The Morgan fingerprint density at radius 2 is 1.71 bits per heavy atom. The van der Waals surface area contributed by atoms with E-state index in [0.717, 1.165) is 5.56 Å². The molecule has 2 aromatic heterocycles. The van der Waals surface area contributed by atoms with Gasteiger partial charge < -0.3 is 10.0 Å². The summed E-state index contributed by atoms with van der Waals surface area (Å²) in [4.78, 5) is 22.5. The zero-order valence-corrected chi connectivity index (χ0v) is 13.5. The molecule has 0 atom stereocenters. The van der Waals surface area contributed by atoms with Crippen molar-refractivity contribution in [3.8, 4) is 22.5 Å². The Morgan fingerprint density at radius 3 is 2.29 bits per heavy atom. The number of hydrogen-bond acceptors (Lipinski definition) is 4. The molecule has 1 aromatic carbocycles. The van der Waals surface area contributed by atoms with Crippen molar-refractivity contribution < 1.29 is 9.90 Å². The Bertz CT molecular complexity index is 863. The Morgan fingerprint density at radius 1 is 1.00 bits per heavy atom. The van der Waals surface area contributed by atoms with Crippen LogP contribution in [0, 0.1) is 0 Å². The quantitative estimate of drug-likeness (QED) is 0.796. The number of benzene rings is 1. The summed E-state index contributed by atoms with van der Waals surface area (Å²) in [5, 5.41) is 9.74. The minimum Gasteiger partial charge on any atom is -0.478 e. The van der Waals surface area contributed by atoms with E-state index < -0.39 is 5.97 Å². The Kier molecular flexibility index (Phi) is 4.24. The molecule has 0 spiro atoms. The SMILES string of the molecule is CN(C)c1nc(-c2ccccn2)cc(-c2ccccc2)c1C(=O)O. The lowest BCUT2D eigenvalue weighted by molar-refractivity contribution is 0.0698. The molecule has 0 radical (unpaired) electrons. The van der Waals surface area contributed by atoms with Gasteiger partial charge in [-0.15, -0.1) is 0 Å². The summed E-state index contributed by atoms with van der Waals surface area (Å²) in [6.45, 7) is 0. The largest absolute Gasteiger partial charge is 0.478 e. The number of hydrogen-bond donors (Lipinski definition) is 1. The van der Waals surface area contributed by atoms with Gasteiger partial charge in [0.05, 0.1) is 11.4 Å². The normalized spacial score (nSPS) is 10.4. The summed E-state index contributed by atoms with van der Waals surface area (Å²) in [6, 6.07) is 16.8. The zero-order chi connectivity index (χ0) is 17.1. The molecular formula is C19H17N3O2. The molecule has 3 aromatic rings. The Hall–Kier alpha value is -3.21. The number of carbonyl (C=O) groups is 1. The first-order chi connectivity index (χ1) is 11.6. The smallest absolute Gasteiger partial charge is 0.340 e. The summed E-state index contributed by atoms with van der Waals surface area (Å²) < 4.78 is 0. The van der Waals surface area contributed by atoms with Crippen LogP contribution in [0.4, 0.5) is 5.82 Å². The average Bonchev–Trinajstić information content (AvgIpc) is 2.62. The van der Waals surface area contributed by atoms with Crippen molar-refractivity contribution in [2.24, 2.45) is 0 Å². The maximum Gasteiger partial charge on any atom is 0.340 e. The first-order valence-electron chi connectivity index (χ1n) is 7.50. The summed E-state index contributed by atoms with van der Waals surface area (Å²) >= 11 is 0. The third-order valence-electron chi connectivity index (χ3n) is 3.65. The van der Waals surface area contributed by atoms with Crippen molar-refractivity contribution in [3.63, 3.8) is 0 Å². The highest BCUT2D eigenvalue weighted by molar-refractivity contribution is 6.02. The van der Waals surface area contributed by atoms with E-state index in [1.54, 1.807) is 31.3 Å². The minimum absolute atomic E-state index is 0.186. The van der Waals surface area contributed by atoms with Crippen LogP contribution >= 0.6 is 0 Å². The van der Waals surface area contributed by atoms with Crippen LogP contribution in [0.5, 0.6) is 0 Å². The maximum atomic E-state index is 11.9. The lowest BCUT2D eigenvalue weighted by Gasteiger charge is -2.19. The molecule has 0 fully saturated rings. The summed E-state index contributed by atoms with van der Waals surface area (Å²) in [5.41, 5.74) is 2.99. The van der Waals surface area contributed by atoms with Gasteiger partial charge in [0.15, 0.2) is 0 Å². The summed E-state index contributed by atoms with van der Waals surface area (Å²) in [7, 11) is 3.57. The standard InChI is InChI=1S/C19H17N3O2/c1-22(2)18-17(19(23)24)14(13-8-4-3-5-9-13)12-16(21-18)15-10-6-7-11-20-15/h3-12H,1-2H3,(H,23,24). The van der Waals surface area contributed by atoms with Crippen LogP contribution in [-0.4, -0.2) is 35.1 Å². The second-order valence-electron chi connectivity index (χ2n) is 5.53. The van der Waals surface area contributed by atoms with Crippen LogP contribution < -0.4 is 4.90 Å². The monoisotopic (exact) mass is 319 g/mol. The number of nitrogens with zero attached hydrogens (tertiary/aromatic N) is 3. The number of carboxylic acids is 1. The van der Waals surface area contributed by atoms with Crippen LogP contribution in [0.25, 0.3) is 22.5 Å². The highest BCUT2D eigenvalue weighted by Gasteiger charge is 2.22. The molecule has 0 aliphatic heterocycles. The number of aromatic carboxylic acids is 1. The van der Waals surface area contributed by atoms with Crippen molar-refractivity contribution >= 4 is 11.8 Å². The van der Waals surface area contributed by atoms with Crippen molar-refractivity contribution in [2.75, 3.05) is 19.0 Å². The summed E-state index contributed by atoms with van der Waals surface area (Å²) in [6.07, 6.45) is 1.69. The van der Waals surface area contributed by atoms with Gasteiger partial charge in [0.2, 0.25) is 0 Å². The first kappa shape index (κ1) is 15.7. The van der Waals surface area contributed by atoms with Gasteiger partial charge in [-0.3, -0.25) is 4.98 Å². The lowest BCUT2D eigenvalue weighted by Crippen LogP contribution is -2.17. The Labute approximate surface area is 140 Å². The first-order valence-corrected chi connectivity index (χ1v) is 7.50. The van der Waals surface area contributed by atoms with Crippen molar-refractivity contribution in [2.45, 2.75) is 0 Å². The van der Waals surface area contributed by atoms with E-state index in [9.17, 15) is 9.90 Å². The molecule has 0 aliphatic rings. The fourth-order valence-electron chi connectivity index (χ4n) is 2.56. The molecular weight excluding hydrogens is 302 g/mol. The van der Waals surface area contributed by atoms with Gasteiger partial charge in [-0.25, -0.2) is 9.78 Å². The second-order valence-corrected chi connectivity index (χ2v) is 5.53.